The number of alkyl halides is 1. The Morgan fingerprint density at radius 1 is 1.54 bits per heavy atom. The van der Waals surface area contributed by atoms with E-state index in [0.29, 0.717) is 4.67 Å². The van der Waals surface area contributed by atoms with Crippen molar-refractivity contribution in [2.75, 3.05) is 19.8 Å². The maximum atomic E-state index is 12.5. The van der Waals surface area contributed by atoms with Crippen LogP contribution in [0.4, 0.5) is 4.39 Å². The number of halogens is 2. The van der Waals surface area contributed by atoms with Gasteiger partial charge in [-0.25, -0.2) is 0 Å². The molecule has 2 rings (SSSR count). The first-order valence-corrected chi connectivity index (χ1v) is 5.12. The predicted molar refractivity (Wildman–Crippen MR) is 51.5 cm³/mol. The fraction of sp³-hybridized carbons (Fsp3) is 0.556. The summed E-state index contributed by atoms with van der Waals surface area (Å²) in [5.41, 5.74) is 0. The monoisotopic (exact) mass is 247 g/mol. The molecule has 0 bridgehead atoms. The Bertz CT molecular complexity index is 289. The fourth-order valence-electron chi connectivity index (χ4n) is 1.76. The molecule has 2 heterocycles. The van der Waals surface area contributed by atoms with Crippen molar-refractivity contribution in [1.82, 2.24) is 5.32 Å². The van der Waals surface area contributed by atoms with Gasteiger partial charge in [-0.05, 0) is 28.1 Å². The molecule has 0 aliphatic carbocycles. The molecular formula is C9H11BrFNO. The normalized spacial score (nSPS) is 28.2. The van der Waals surface area contributed by atoms with Crippen molar-refractivity contribution in [3.8, 4) is 0 Å². The highest BCUT2D eigenvalue weighted by Crippen LogP contribution is 2.30. The third kappa shape index (κ3) is 1.79. The maximum Gasteiger partial charge on any atom is 0.169 e. The Balaban J connectivity index is 2.15. The van der Waals surface area contributed by atoms with Gasteiger partial charge in [0.05, 0.1) is 6.67 Å². The molecule has 1 fully saturated rings. The summed E-state index contributed by atoms with van der Waals surface area (Å²) in [7, 11) is 0. The minimum Gasteiger partial charge on any atom is -0.454 e. The molecule has 2 nitrogen and oxygen atoms in total. The Morgan fingerprint density at radius 2 is 2.38 bits per heavy atom. The van der Waals surface area contributed by atoms with Crippen LogP contribution in [-0.4, -0.2) is 19.8 Å². The lowest BCUT2D eigenvalue weighted by atomic mass is 9.95. The summed E-state index contributed by atoms with van der Waals surface area (Å²) in [6.45, 7) is 1.28. The summed E-state index contributed by atoms with van der Waals surface area (Å²) in [5.74, 6) is 1.13. The van der Waals surface area contributed by atoms with Gasteiger partial charge < -0.3 is 9.73 Å². The first-order chi connectivity index (χ1) is 6.31. The van der Waals surface area contributed by atoms with Crippen LogP contribution in [0.15, 0.2) is 21.2 Å². The minimum atomic E-state index is -0.282. The number of furan rings is 1. The van der Waals surface area contributed by atoms with Crippen molar-refractivity contribution in [2.24, 2.45) is 5.92 Å². The summed E-state index contributed by atoms with van der Waals surface area (Å²) in [6.07, 6.45) is 0. The zero-order chi connectivity index (χ0) is 9.26. The van der Waals surface area contributed by atoms with Crippen LogP contribution >= 0.6 is 15.9 Å². The van der Waals surface area contributed by atoms with E-state index < -0.39 is 0 Å². The van der Waals surface area contributed by atoms with Crippen molar-refractivity contribution in [1.29, 1.82) is 0 Å². The molecule has 1 N–H and O–H groups in total. The van der Waals surface area contributed by atoms with Gasteiger partial charge in [-0.1, -0.05) is 0 Å². The fourth-order valence-corrected chi connectivity index (χ4v) is 2.07. The van der Waals surface area contributed by atoms with E-state index in [2.05, 4.69) is 21.2 Å². The summed E-state index contributed by atoms with van der Waals surface area (Å²) >= 11 is 3.24. The van der Waals surface area contributed by atoms with Gasteiger partial charge in [0.1, 0.15) is 5.76 Å². The van der Waals surface area contributed by atoms with Crippen LogP contribution in [0, 0.1) is 5.92 Å². The van der Waals surface area contributed by atoms with Gasteiger partial charge >= 0.3 is 0 Å². The average molecular weight is 248 g/mol. The van der Waals surface area contributed by atoms with E-state index in [9.17, 15) is 4.39 Å². The van der Waals surface area contributed by atoms with Gasteiger partial charge in [0.25, 0.3) is 0 Å². The Labute approximate surface area is 84.6 Å². The Hall–Kier alpha value is -0.350. The smallest absolute Gasteiger partial charge is 0.169 e. The first-order valence-electron chi connectivity index (χ1n) is 4.33. The van der Waals surface area contributed by atoms with Crippen molar-refractivity contribution < 1.29 is 8.81 Å². The van der Waals surface area contributed by atoms with Crippen LogP contribution in [0.5, 0.6) is 0 Å². The molecule has 1 saturated heterocycles. The average Bonchev–Trinajstić information content (AvgIpc) is 2.71. The predicted octanol–water partition coefficient (Wildman–Crippen LogP) is 2.31. The molecular weight excluding hydrogens is 237 g/mol. The second-order valence-corrected chi connectivity index (χ2v) is 4.10. The minimum absolute atomic E-state index is 0.0676. The lowest BCUT2D eigenvalue weighted by Gasteiger charge is -2.11. The summed E-state index contributed by atoms with van der Waals surface area (Å²) in [6, 6.07) is 3.76. The lowest BCUT2D eigenvalue weighted by molar-refractivity contribution is 0.328. The van der Waals surface area contributed by atoms with Gasteiger partial charge in [-0.2, -0.15) is 0 Å². The van der Waals surface area contributed by atoms with E-state index in [4.69, 9.17) is 4.42 Å². The van der Waals surface area contributed by atoms with Crippen LogP contribution in [0.3, 0.4) is 0 Å². The van der Waals surface area contributed by atoms with Crippen molar-refractivity contribution in [2.45, 2.75) is 5.92 Å². The molecule has 72 valence electrons. The van der Waals surface area contributed by atoms with Crippen LogP contribution in [0.25, 0.3) is 0 Å². The zero-order valence-corrected chi connectivity index (χ0v) is 8.68. The molecule has 0 amide bonds. The van der Waals surface area contributed by atoms with E-state index in [0.717, 1.165) is 18.8 Å². The Morgan fingerprint density at radius 3 is 3.00 bits per heavy atom. The van der Waals surface area contributed by atoms with Gasteiger partial charge in [0.2, 0.25) is 0 Å². The molecule has 0 radical (unpaired) electrons. The molecule has 1 aromatic heterocycles. The molecule has 0 spiro atoms. The van der Waals surface area contributed by atoms with Crippen LogP contribution in [-0.2, 0) is 0 Å². The molecule has 2 atom stereocenters. The van der Waals surface area contributed by atoms with Gasteiger partial charge in [-0.3, -0.25) is 4.39 Å². The van der Waals surface area contributed by atoms with Gasteiger partial charge in [-0.15, -0.1) is 0 Å². The number of hydrogen-bond acceptors (Lipinski definition) is 2. The van der Waals surface area contributed by atoms with Crippen LogP contribution in [0.1, 0.15) is 11.7 Å². The maximum absolute atomic E-state index is 12.5. The van der Waals surface area contributed by atoms with E-state index in [1.54, 1.807) is 0 Å². The van der Waals surface area contributed by atoms with E-state index in [1.165, 1.54) is 0 Å². The van der Waals surface area contributed by atoms with Crippen molar-refractivity contribution in [3.05, 3.63) is 22.6 Å². The number of hydrogen-bond donors (Lipinski definition) is 1. The summed E-state index contributed by atoms with van der Waals surface area (Å²) < 4.78 is 18.7. The SMILES string of the molecule is FC[C@H]1CNC[C@H]1c1ccc(Br)o1. The third-order valence-electron chi connectivity index (χ3n) is 2.50. The highest BCUT2D eigenvalue weighted by molar-refractivity contribution is 9.10. The molecule has 0 aromatic carbocycles. The standard InChI is InChI=1S/C9H11BrFNO/c10-9-2-1-8(13-9)7-5-12-4-6(7)3-11/h1-2,6-7,12H,3-5H2/t6-,7+/m0/s1. The van der Waals surface area contributed by atoms with E-state index >= 15 is 0 Å². The molecule has 1 aliphatic rings. The first kappa shape index (κ1) is 9.21. The quantitative estimate of drug-likeness (QED) is 0.868. The molecule has 0 unspecified atom stereocenters. The van der Waals surface area contributed by atoms with Crippen molar-refractivity contribution >= 4 is 15.9 Å². The van der Waals surface area contributed by atoms with E-state index in [-0.39, 0.29) is 18.5 Å². The molecule has 13 heavy (non-hydrogen) atoms. The third-order valence-corrected chi connectivity index (χ3v) is 2.92. The topological polar surface area (TPSA) is 25.2 Å². The zero-order valence-electron chi connectivity index (χ0n) is 7.09. The molecule has 1 aromatic rings. The number of rotatable bonds is 2. The van der Waals surface area contributed by atoms with Crippen LogP contribution < -0.4 is 5.32 Å². The van der Waals surface area contributed by atoms with Gasteiger partial charge in [0.15, 0.2) is 4.67 Å². The van der Waals surface area contributed by atoms with Crippen LogP contribution in [0.2, 0.25) is 0 Å². The molecule has 1 aliphatic heterocycles. The summed E-state index contributed by atoms with van der Waals surface area (Å²) in [5, 5.41) is 3.17. The summed E-state index contributed by atoms with van der Waals surface area (Å²) in [4.78, 5) is 0. The van der Waals surface area contributed by atoms with Gasteiger partial charge in [0, 0.05) is 24.9 Å². The number of nitrogens with one attached hydrogen (secondary N) is 1. The van der Waals surface area contributed by atoms with E-state index in [1.807, 2.05) is 12.1 Å². The lowest BCUT2D eigenvalue weighted by Crippen LogP contribution is -2.12. The van der Waals surface area contributed by atoms with Crippen molar-refractivity contribution in [3.63, 3.8) is 0 Å². The molecule has 0 saturated carbocycles. The second kappa shape index (κ2) is 3.80. The highest BCUT2D eigenvalue weighted by Gasteiger charge is 2.30. The second-order valence-electron chi connectivity index (χ2n) is 3.32. The Kier molecular flexibility index (Phi) is 2.69. The molecule has 4 heteroatoms. The highest BCUT2D eigenvalue weighted by atomic mass is 79.9. The largest absolute Gasteiger partial charge is 0.454 e.